The summed E-state index contributed by atoms with van der Waals surface area (Å²) in [6.45, 7) is 8.26. The van der Waals surface area contributed by atoms with E-state index >= 15 is 0 Å². The lowest BCUT2D eigenvalue weighted by Crippen LogP contribution is -2.46. The Morgan fingerprint density at radius 1 is 0.789 bits per heavy atom. The molecule has 114 valence electrons. The fraction of sp³-hybridized carbons (Fsp3) is 1.00. The van der Waals surface area contributed by atoms with Gasteiger partial charge in [-0.05, 0) is 37.6 Å². The van der Waals surface area contributed by atoms with Crippen LogP contribution in [0.4, 0.5) is 0 Å². The normalized spacial score (nSPS) is 27.6. The number of unbranched alkanes of at least 4 members (excludes halogenated alkanes) is 4. The monoisotopic (exact) mass is 267 g/mol. The van der Waals surface area contributed by atoms with Crippen LogP contribution < -0.4 is 5.32 Å². The van der Waals surface area contributed by atoms with Gasteiger partial charge in [-0.2, -0.15) is 0 Å². The third-order valence-electron chi connectivity index (χ3n) is 4.96. The minimum atomic E-state index is 0.828. The predicted octanol–water partition coefficient (Wildman–Crippen LogP) is 5.54. The summed E-state index contributed by atoms with van der Waals surface area (Å²) in [5.74, 6) is 1.98. The van der Waals surface area contributed by atoms with Gasteiger partial charge in [0.25, 0.3) is 0 Å². The second-order valence-corrected chi connectivity index (χ2v) is 6.55. The third kappa shape index (κ3) is 6.29. The zero-order valence-electron chi connectivity index (χ0n) is 13.7. The summed E-state index contributed by atoms with van der Waals surface area (Å²) >= 11 is 0. The summed E-state index contributed by atoms with van der Waals surface area (Å²) in [6, 6.07) is 0.828. The van der Waals surface area contributed by atoms with Crippen molar-refractivity contribution in [3.63, 3.8) is 0 Å². The molecule has 0 amide bonds. The lowest BCUT2D eigenvalue weighted by molar-refractivity contribution is 0.154. The standard InChI is InChI=1S/C18H37N/c1-4-7-9-12-17-16(11-6-3)14-15-19-18(17)13-10-8-5-2/h16-19H,4-15H2,1-3H3. The molecule has 1 saturated heterocycles. The Bertz CT molecular complexity index is 200. The molecule has 1 fully saturated rings. The fourth-order valence-corrected chi connectivity index (χ4v) is 3.87. The van der Waals surface area contributed by atoms with Crippen molar-refractivity contribution in [2.75, 3.05) is 6.54 Å². The van der Waals surface area contributed by atoms with Crippen LogP contribution in [0.3, 0.4) is 0 Å². The molecule has 0 aromatic heterocycles. The Balaban J connectivity index is 2.47. The highest BCUT2D eigenvalue weighted by atomic mass is 14.9. The van der Waals surface area contributed by atoms with Gasteiger partial charge in [0.15, 0.2) is 0 Å². The van der Waals surface area contributed by atoms with Crippen LogP contribution >= 0.6 is 0 Å². The predicted molar refractivity (Wildman–Crippen MR) is 86.6 cm³/mol. The Labute approximate surface area is 121 Å². The van der Waals surface area contributed by atoms with Crippen molar-refractivity contribution < 1.29 is 0 Å². The second kappa shape index (κ2) is 10.7. The molecular weight excluding hydrogens is 230 g/mol. The van der Waals surface area contributed by atoms with Gasteiger partial charge >= 0.3 is 0 Å². The molecule has 0 spiro atoms. The van der Waals surface area contributed by atoms with Crippen molar-refractivity contribution in [1.82, 2.24) is 5.32 Å². The van der Waals surface area contributed by atoms with Gasteiger partial charge in [0, 0.05) is 6.04 Å². The van der Waals surface area contributed by atoms with Crippen molar-refractivity contribution in [2.24, 2.45) is 11.8 Å². The van der Waals surface area contributed by atoms with Crippen LogP contribution in [0.25, 0.3) is 0 Å². The molecular formula is C18H37N. The third-order valence-corrected chi connectivity index (χ3v) is 4.96. The minimum absolute atomic E-state index is 0.828. The van der Waals surface area contributed by atoms with E-state index in [1.807, 2.05) is 0 Å². The quantitative estimate of drug-likeness (QED) is 0.512. The molecule has 3 unspecified atom stereocenters. The van der Waals surface area contributed by atoms with Crippen molar-refractivity contribution in [2.45, 2.75) is 97.4 Å². The summed E-state index contributed by atoms with van der Waals surface area (Å²) in [5.41, 5.74) is 0. The maximum absolute atomic E-state index is 3.84. The first-order valence-corrected chi connectivity index (χ1v) is 9.06. The van der Waals surface area contributed by atoms with Gasteiger partial charge in [0.2, 0.25) is 0 Å². The lowest BCUT2D eigenvalue weighted by Gasteiger charge is -2.39. The molecule has 1 aliphatic rings. The van der Waals surface area contributed by atoms with E-state index in [0.717, 1.165) is 17.9 Å². The molecule has 1 heterocycles. The first-order chi connectivity index (χ1) is 9.33. The number of piperidine rings is 1. The number of rotatable bonds is 10. The SMILES string of the molecule is CCCCCC1NCCC(CCC)C1CCCCC. The fourth-order valence-electron chi connectivity index (χ4n) is 3.87. The summed E-state index contributed by atoms with van der Waals surface area (Å²) in [7, 11) is 0. The topological polar surface area (TPSA) is 12.0 Å². The van der Waals surface area contributed by atoms with Crippen molar-refractivity contribution >= 4 is 0 Å². The van der Waals surface area contributed by atoms with E-state index in [0.29, 0.717) is 0 Å². The molecule has 19 heavy (non-hydrogen) atoms. The molecule has 0 aromatic carbocycles. The number of nitrogens with one attached hydrogen (secondary N) is 1. The molecule has 1 aliphatic heterocycles. The van der Waals surface area contributed by atoms with Gasteiger partial charge < -0.3 is 5.32 Å². The van der Waals surface area contributed by atoms with Gasteiger partial charge in [-0.3, -0.25) is 0 Å². The van der Waals surface area contributed by atoms with Crippen LogP contribution in [0.15, 0.2) is 0 Å². The summed E-state index contributed by atoms with van der Waals surface area (Å²) in [5, 5.41) is 3.84. The largest absolute Gasteiger partial charge is 0.314 e. The summed E-state index contributed by atoms with van der Waals surface area (Å²) in [6.07, 6.45) is 15.6. The van der Waals surface area contributed by atoms with Gasteiger partial charge in [-0.1, -0.05) is 72.1 Å². The van der Waals surface area contributed by atoms with E-state index < -0.39 is 0 Å². The zero-order chi connectivity index (χ0) is 13.9. The second-order valence-electron chi connectivity index (χ2n) is 6.55. The van der Waals surface area contributed by atoms with Crippen LogP contribution in [-0.4, -0.2) is 12.6 Å². The average molecular weight is 268 g/mol. The maximum atomic E-state index is 3.84. The molecule has 0 aromatic rings. The van der Waals surface area contributed by atoms with Crippen molar-refractivity contribution in [1.29, 1.82) is 0 Å². The van der Waals surface area contributed by atoms with Gasteiger partial charge in [0.05, 0.1) is 0 Å². The Kier molecular flexibility index (Phi) is 9.59. The van der Waals surface area contributed by atoms with Crippen LogP contribution in [0.1, 0.15) is 91.4 Å². The van der Waals surface area contributed by atoms with Crippen molar-refractivity contribution in [3.05, 3.63) is 0 Å². The Morgan fingerprint density at radius 3 is 2.11 bits per heavy atom. The van der Waals surface area contributed by atoms with Gasteiger partial charge in [-0.15, -0.1) is 0 Å². The van der Waals surface area contributed by atoms with Crippen LogP contribution in [-0.2, 0) is 0 Å². The van der Waals surface area contributed by atoms with E-state index in [1.165, 1.54) is 77.2 Å². The zero-order valence-corrected chi connectivity index (χ0v) is 13.7. The molecule has 1 nitrogen and oxygen atoms in total. The van der Waals surface area contributed by atoms with Crippen LogP contribution in [0, 0.1) is 11.8 Å². The van der Waals surface area contributed by atoms with Crippen molar-refractivity contribution in [3.8, 4) is 0 Å². The van der Waals surface area contributed by atoms with E-state index in [-0.39, 0.29) is 0 Å². The molecule has 1 heteroatoms. The highest BCUT2D eigenvalue weighted by Gasteiger charge is 2.31. The molecule has 0 saturated carbocycles. The highest BCUT2D eigenvalue weighted by molar-refractivity contribution is 4.86. The van der Waals surface area contributed by atoms with E-state index in [4.69, 9.17) is 0 Å². The number of hydrogen-bond donors (Lipinski definition) is 1. The van der Waals surface area contributed by atoms with E-state index in [2.05, 4.69) is 26.1 Å². The van der Waals surface area contributed by atoms with Crippen LogP contribution in [0.5, 0.6) is 0 Å². The molecule has 3 atom stereocenters. The smallest absolute Gasteiger partial charge is 0.00979 e. The number of hydrogen-bond acceptors (Lipinski definition) is 1. The minimum Gasteiger partial charge on any atom is -0.314 e. The van der Waals surface area contributed by atoms with Crippen LogP contribution in [0.2, 0.25) is 0 Å². The lowest BCUT2D eigenvalue weighted by atomic mass is 9.74. The molecule has 1 rings (SSSR count). The maximum Gasteiger partial charge on any atom is 0.00979 e. The Morgan fingerprint density at radius 2 is 1.47 bits per heavy atom. The average Bonchev–Trinajstić information content (AvgIpc) is 2.42. The van der Waals surface area contributed by atoms with Gasteiger partial charge in [-0.25, -0.2) is 0 Å². The van der Waals surface area contributed by atoms with Gasteiger partial charge in [0.1, 0.15) is 0 Å². The molecule has 1 N–H and O–H groups in total. The summed E-state index contributed by atoms with van der Waals surface area (Å²) < 4.78 is 0. The van der Waals surface area contributed by atoms with E-state index in [1.54, 1.807) is 0 Å². The molecule has 0 bridgehead atoms. The van der Waals surface area contributed by atoms with E-state index in [9.17, 15) is 0 Å². The molecule has 0 aliphatic carbocycles. The highest BCUT2D eigenvalue weighted by Crippen LogP contribution is 2.34. The first kappa shape index (κ1) is 17.0. The molecule has 0 radical (unpaired) electrons. The first-order valence-electron chi connectivity index (χ1n) is 9.06. The Hall–Kier alpha value is -0.0400. The summed E-state index contributed by atoms with van der Waals surface area (Å²) in [4.78, 5) is 0.